The van der Waals surface area contributed by atoms with Crippen molar-refractivity contribution >= 4 is 24.8 Å². The number of hydrogen-bond donors (Lipinski definition) is 2. The van der Waals surface area contributed by atoms with Gasteiger partial charge in [-0.3, -0.25) is 5.32 Å². The Morgan fingerprint density at radius 1 is 0.648 bits per heavy atom. The minimum atomic E-state index is -2.93. The van der Waals surface area contributed by atoms with Crippen LogP contribution in [0.5, 0.6) is 0 Å². The van der Waals surface area contributed by atoms with Gasteiger partial charge in [0, 0.05) is 13.1 Å². The van der Waals surface area contributed by atoms with Crippen molar-refractivity contribution in [2.24, 2.45) is 5.92 Å². The molecule has 7 heteroatoms. The van der Waals surface area contributed by atoms with Gasteiger partial charge in [0.2, 0.25) is 0 Å². The van der Waals surface area contributed by atoms with E-state index < -0.39 is 32.2 Å². The Bertz CT molecular complexity index is 1680. The smallest absolute Gasteiger partial charge is 0.407 e. The highest BCUT2D eigenvalue weighted by molar-refractivity contribution is 6.99. The zero-order valence-electron chi connectivity index (χ0n) is 32.5. The fourth-order valence-corrected chi connectivity index (χ4v) is 12.0. The predicted octanol–water partition coefficient (Wildman–Crippen LogP) is 9.40. The first-order chi connectivity index (χ1) is 26.1. The molecule has 5 rings (SSSR count). The van der Waals surface area contributed by atoms with E-state index in [0.29, 0.717) is 18.9 Å². The number of carbonyl (C=O) groups is 1. The second-order valence-electron chi connectivity index (χ2n) is 15.5. The number of halogens is 1. The van der Waals surface area contributed by atoms with Gasteiger partial charge in [-0.15, -0.1) is 0 Å². The molecule has 0 aromatic heterocycles. The third-order valence-corrected chi connectivity index (χ3v) is 15.2. The van der Waals surface area contributed by atoms with Crippen LogP contribution in [0.4, 0.5) is 9.18 Å². The lowest BCUT2D eigenvalue weighted by Gasteiger charge is -2.43. The molecule has 0 fully saturated rings. The highest BCUT2D eigenvalue weighted by atomic mass is 28.4. The fraction of sp³-hybridized carbons (Fsp3) is 0.340. The molecule has 0 radical (unpaired) electrons. The van der Waals surface area contributed by atoms with Crippen molar-refractivity contribution in [2.45, 2.75) is 76.7 Å². The fourth-order valence-electron chi connectivity index (χ4n) is 7.42. The zero-order valence-corrected chi connectivity index (χ0v) is 33.5. The van der Waals surface area contributed by atoms with Crippen molar-refractivity contribution in [1.29, 1.82) is 0 Å². The van der Waals surface area contributed by atoms with Crippen LogP contribution in [0.2, 0.25) is 5.04 Å². The van der Waals surface area contributed by atoms with E-state index in [1.54, 1.807) is 0 Å². The molecule has 0 heterocycles. The summed E-state index contributed by atoms with van der Waals surface area (Å²) in [5.74, 6) is 0.439. The quantitative estimate of drug-likeness (QED) is 0.0694. The SMILES string of the molecule is CC(C)CCNC(=O)OC(CCC(F)CNC(c1ccccc1)(c1ccccc1)c1ccccc1)CO[Si](c1ccccc1)(c1ccccc1)C(C)(C)C. The predicted molar refractivity (Wildman–Crippen MR) is 223 cm³/mol. The summed E-state index contributed by atoms with van der Waals surface area (Å²) in [4.78, 5) is 13.2. The maximum Gasteiger partial charge on any atom is 0.407 e. The van der Waals surface area contributed by atoms with Crippen LogP contribution in [0.25, 0.3) is 0 Å². The third-order valence-electron chi connectivity index (χ3n) is 10.2. The minimum Gasteiger partial charge on any atom is -0.444 e. The van der Waals surface area contributed by atoms with Crippen molar-refractivity contribution in [2.75, 3.05) is 19.7 Å². The number of alkyl carbamates (subject to hydrolysis) is 1. The Labute approximate surface area is 323 Å². The third kappa shape index (κ3) is 9.94. The summed E-state index contributed by atoms with van der Waals surface area (Å²) in [7, 11) is -2.93. The van der Waals surface area contributed by atoms with Crippen molar-refractivity contribution in [3.63, 3.8) is 0 Å². The summed E-state index contributed by atoms with van der Waals surface area (Å²) in [5.41, 5.74) is 2.28. The first-order valence-electron chi connectivity index (χ1n) is 19.3. The largest absolute Gasteiger partial charge is 0.444 e. The van der Waals surface area contributed by atoms with Crippen molar-refractivity contribution in [3.05, 3.63) is 168 Å². The molecule has 0 aliphatic carbocycles. The molecule has 5 aromatic carbocycles. The van der Waals surface area contributed by atoms with Gasteiger partial charge in [0.25, 0.3) is 8.32 Å². The van der Waals surface area contributed by atoms with Crippen molar-refractivity contribution in [1.82, 2.24) is 10.6 Å². The minimum absolute atomic E-state index is 0.0849. The molecule has 0 spiro atoms. The lowest BCUT2D eigenvalue weighted by atomic mass is 9.77. The number of hydrogen-bond acceptors (Lipinski definition) is 4. The summed E-state index contributed by atoms with van der Waals surface area (Å²) < 4.78 is 29.7. The van der Waals surface area contributed by atoms with Gasteiger partial charge in [0.15, 0.2) is 0 Å². The summed E-state index contributed by atoms with van der Waals surface area (Å²) in [5, 5.41) is 8.60. The Kier molecular flexibility index (Phi) is 14.4. The van der Waals surface area contributed by atoms with Gasteiger partial charge in [0.1, 0.15) is 12.3 Å². The highest BCUT2D eigenvalue weighted by Crippen LogP contribution is 2.38. The van der Waals surface area contributed by atoms with E-state index in [0.717, 1.165) is 33.5 Å². The van der Waals surface area contributed by atoms with E-state index in [4.69, 9.17) is 9.16 Å². The molecule has 54 heavy (non-hydrogen) atoms. The molecule has 2 atom stereocenters. The average molecular weight is 745 g/mol. The Balaban J connectivity index is 1.40. The first kappa shape index (κ1) is 40.6. The second-order valence-corrected chi connectivity index (χ2v) is 19.8. The van der Waals surface area contributed by atoms with Crippen LogP contribution in [0, 0.1) is 5.92 Å². The van der Waals surface area contributed by atoms with Gasteiger partial charge in [-0.25, -0.2) is 9.18 Å². The standard InChI is InChI=1S/C47H57FN2O3Si/c1-37(2)33-34-49-45(51)53-42(36-52-54(46(3,4)5,43-27-17-9-18-28-43)44-29-19-10-20-30-44)32-31-41(48)35-50-47(38-21-11-6-12-22-38,39-23-13-7-14-24-39)40-25-15-8-16-26-40/h6-30,37,41-42,50H,31-36H2,1-5H3,(H,49,51). The van der Waals surface area contributed by atoms with Gasteiger partial charge < -0.3 is 14.5 Å². The number of alkyl halides is 1. The van der Waals surface area contributed by atoms with Crippen LogP contribution in [0.15, 0.2) is 152 Å². The molecule has 0 aliphatic heterocycles. The molecular formula is C47H57FN2O3Si. The zero-order chi connectivity index (χ0) is 38.4. The molecule has 0 saturated heterocycles. The summed E-state index contributed by atoms with van der Waals surface area (Å²) in [6.45, 7) is 11.6. The maximum atomic E-state index is 16.4. The maximum absolute atomic E-state index is 16.4. The van der Waals surface area contributed by atoms with Gasteiger partial charge >= 0.3 is 6.09 Å². The molecule has 0 saturated carbocycles. The number of rotatable bonds is 18. The Morgan fingerprint density at radius 3 is 1.48 bits per heavy atom. The summed E-state index contributed by atoms with van der Waals surface area (Å²) >= 11 is 0. The van der Waals surface area contributed by atoms with E-state index in [9.17, 15) is 4.79 Å². The Hall–Kier alpha value is -4.56. The van der Waals surface area contributed by atoms with Gasteiger partial charge in [0.05, 0.1) is 12.1 Å². The molecule has 5 nitrogen and oxygen atoms in total. The van der Waals surface area contributed by atoms with Crippen LogP contribution < -0.4 is 21.0 Å². The number of benzene rings is 5. The Morgan fingerprint density at radius 2 is 1.07 bits per heavy atom. The van der Waals surface area contributed by atoms with Crippen LogP contribution in [0.1, 0.15) is 70.6 Å². The van der Waals surface area contributed by atoms with Crippen LogP contribution in [0.3, 0.4) is 0 Å². The van der Waals surface area contributed by atoms with Crippen molar-refractivity contribution in [3.8, 4) is 0 Å². The molecule has 2 N–H and O–H groups in total. The van der Waals surface area contributed by atoms with Gasteiger partial charge in [-0.05, 0) is 57.3 Å². The molecule has 0 aliphatic rings. The number of amides is 1. The number of ether oxygens (including phenoxy) is 1. The molecular weight excluding hydrogens is 688 g/mol. The molecule has 5 aromatic rings. The van der Waals surface area contributed by atoms with Crippen molar-refractivity contribution < 1.29 is 18.3 Å². The first-order valence-corrected chi connectivity index (χ1v) is 21.2. The lowest BCUT2D eigenvalue weighted by molar-refractivity contribution is 0.0516. The van der Waals surface area contributed by atoms with E-state index in [1.165, 1.54) is 0 Å². The van der Waals surface area contributed by atoms with Crippen LogP contribution >= 0.6 is 0 Å². The van der Waals surface area contributed by atoms with Crippen LogP contribution in [-0.2, 0) is 14.7 Å². The number of carbonyl (C=O) groups excluding carboxylic acids is 1. The van der Waals surface area contributed by atoms with Gasteiger partial charge in [-0.1, -0.05) is 186 Å². The molecule has 1 amide bonds. The topological polar surface area (TPSA) is 59.6 Å². The van der Waals surface area contributed by atoms with Crippen LogP contribution in [-0.4, -0.2) is 46.4 Å². The molecule has 0 bridgehead atoms. The second kappa shape index (κ2) is 19.2. The summed E-state index contributed by atoms with van der Waals surface area (Å²) in [6.07, 6.45) is -1.09. The lowest BCUT2D eigenvalue weighted by Crippen LogP contribution is -2.67. The summed E-state index contributed by atoms with van der Waals surface area (Å²) in [6, 6.07) is 51.4. The number of nitrogens with one attached hydrogen (secondary N) is 2. The monoisotopic (exact) mass is 744 g/mol. The van der Waals surface area contributed by atoms with E-state index >= 15 is 4.39 Å². The molecule has 2 unspecified atom stereocenters. The highest BCUT2D eigenvalue weighted by Gasteiger charge is 2.50. The molecule has 284 valence electrons. The normalized spacial score (nSPS) is 13.3. The van der Waals surface area contributed by atoms with E-state index in [1.807, 2.05) is 91.0 Å². The van der Waals surface area contributed by atoms with Gasteiger partial charge in [-0.2, -0.15) is 0 Å². The average Bonchev–Trinajstić information content (AvgIpc) is 3.19. The van der Waals surface area contributed by atoms with E-state index in [2.05, 4.69) is 106 Å². The van der Waals surface area contributed by atoms with E-state index in [-0.39, 0.29) is 24.6 Å².